The number of furan rings is 1. The zero-order valence-electron chi connectivity index (χ0n) is 31.5. The van der Waals surface area contributed by atoms with E-state index >= 15 is 0 Å². The SMILES string of the molecule is c1ccc(-c2nc(-c3ccc(-c4cccc5c4oc4ccccc45)cc3)nc(-c3ccc4c(c3)nc3n4-c4ccccc4C34c3ccccc3-c3ccccc34)n2)cc1. The quantitative estimate of drug-likeness (QED) is 0.179. The van der Waals surface area contributed by atoms with Crippen molar-refractivity contribution in [2.45, 2.75) is 5.41 Å². The molecule has 1 spiro atoms. The molecule has 3 aromatic heterocycles. The van der Waals surface area contributed by atoms with Crippen LogP contribution in [-0.2, 0) is 5.41 Å². The van der Waals surface area contributed by atoms with Gasteiger partial charge in [-0.05, 0) is 63.7 Å². The van der Waals surface area contributed by atoms with Crippen LogP contribution in [0.2, 0.25) is 0 Å². The van der Waals surface area contributed by atoms with Gasteiger partial charge in [-0.3, -0.25) is 4.57 Å². The molecule has 0 amide bonds. The molecule has 0 unspecified atom stereocenters. The molecule has 0 radical (unpaired) electrons. The second-order valence-electron chi connectivity index (χ2n) is 15.4. The van der Waals surface area contributed by atoms with Crippen LogP contribution in [0.5, 0.6) is 0 Å². The van der Waals surface area contributed by atoms with E-state index in [-0.39, 0.29) is 0 Å². The topological polar surface area (TPSA) is 69.6 Å². The van der Waals surface area contributed by atoms with Crippen molar-refractivity contribution in [2.75, 3.05) is 0 Å². The number of hydrogen-bond acceptors (Lipinski definition) is 5. The summed E-state index contributed by atoms with van der Waals surface area (Å²) in [5.74, 6) is 2.80. The van der Waals surface area contributed by atoms with E-state index in [0.29, 0.717) is 17.5 Å². The molecule has 1 aliphatic heterocycles. The number of hydrogen-bond donors (Lipinski definition) is 0. The van der Waals surface area contributed by atoms with Crippen LogP contribution in [0.4, 0.5) is 0 Å². The fourth-order valence-electron chi connectivity index (χ4n) is 9.71. The first-order valence-electron chi connectivity index (χ1n) is 19.9. The van der Waals surface area contributed by atoms with Crippen molar-refractivity contribution in [3.8, 4) is 62.1 Å². The summed E-state index contributed by atoms with van der Waals surface area (Å²) in [4.78, 5) is 20.8. The fourth-order valence-corrected chi connectivity index (χ4v) is 9.71. The molecular formula is C53H31N5O. The number of para-hydroxylation sites is 3. The van der Waals surface area contributed by atoms with E-state index in [1.165, 1.54) is 27.8 Å². The average molecular weight is 754 g/mol. The number of imidazole rings is 1. The van der Waals surface area contributed by atoms with Gasteiger partial charge in [0.15, 0.2) is 17.5 Å². The monoisotopic (exact) mass is 753 g/mol. The molecular weight excluding hydrogens is 723 g/mol. The Morgan fingerprint density at radius 2 is 0.966 bits per heavy atom. The highest BCUT2D eigenvalue weighted by Gasteiger charge is 2.54. The van der Waals surface area contributed by atoms with Gasteiger partial charge in [-0.2, -0.15) is 0 Å². The van der Waals surface area contributed by atoms with Crippen molar-refractivity contribution in [3.63, 3.8) is 0 Å². The van der Waals surface area contributed by atoms with E-state index in [4.69, 9.17) is 24.4 Å². The van der Waals surface area contributed by atoms with Gasteiger partial charge in [-0.15, -0.1) is 0 Å². The molecule has 2 aliphatic rings. The van der Waals surface area contributed by atoms with E-state index in [0.717, 1.165) is 72.3 Å². The zero-order chi connectivity index (χ0) is 38.7. The van der Waals surface area contributed by atoms with Gasteiger partial charge in [0.1, 0.15) is 22.4 Å². The molecule has 274 valence electrons. The summed E-state index contributed by atoms with van der Waals surface area (Å²) >= 11 is 0. The molecule has 0 bridgehead atoms. The maximum absolute atomic E-state index is 6.37. The minimum Gasteiger partial charge on any atom is -0.455 e. The normalized spacial score (nSPS) is 13.2. The summed E-state index contributed by atoms with van der Waals surface area (Å²) in [6, 6.07) is 65.8. The lowest BCUT2D eigenvalue weighted by atomic mass is 9.73. The summed E-state index contributed by atoms with van der Waals surface area (Å²) in [6.45, 7) is 0. The molecule has 8 aromatic carbocycles. The van der Waals surface area contributed by atoms with Crippen LogP contribution < -0.4 is 0 Å². The summed E-state index contributed by atoms with van der Waals surface area (Å²) in [6.07, 6.45) is 0. The van der Waals surface area contributed by atoms with Crippen molar-refractivity contribution >= 4 is 33.0 Å². The Hall–Kier alpha value is -7.96. The van der Waals surface area contributed by atoms with Crippen molar-refractivity contribution in [2.24, 2.45) is 0 Å². The molecule has 6 nitrogen and oxygen atoms in total. The molecule has 6 heteroatoms. The predicted octanol–water partition coefficient (Wildman–Crippen LogP) is 12.5. The van der Waals surface area contributed by atoms with Crippen LogP contribution in [0.15, 0.2) is 192 Å². The third-order valence-electron chi connectivity index (χ3n) is 12.3. The summed E-state index contributed by atoms with van der Waals surface area (Å²) in [5.41, 5.74) is 15.4. The summed E-state index contributed by atoms with van der Waals surface area (Å²) in [7, 11) is 0. The first kappa shape index (κ1) is 32.2. The minimum absolute atomic E-state index is 0.536. The molecule has 0 atom stereocenters. The van der Waals surface area contributed by atoms with Gasteiger partial charge >= 0.3 is 0 Å². The lowest BCUT2D eigenvalue weighted by Crippen LogP contribution is -2.27. The largest absolute Gasteiger partial charge is 0.455 e. The second-order valence-corrected chi connectivity index (χ2v) is 15.4. The Morgan fingerprint density at radius 3 is 1.73 bits per heavy atom. The molecule has 1 aliphatic carbocycles. The van der Waals surface area contributed by atoms with Crippen molar-refractivity contribution in [1.82, 2.24) is 24.5 Å². The number of benzene rings is 8. The van der Waals surface area contributed by atoms with E-state index in [9.17, 15) is 0 Å². The lowest BCUT2D eigenvalue weighted by molar-refractivity contribution is 0.670. The molecule has 0 fully saturated rings. The molecule has 4 heterocycles. The Balaban J connectivity index is 0.959. The Kier molecular flexibility index (Phi) is 6.55. The van der Waals surface area contributed by atoms with E-state index < -0.39 is 5.41 Å². The standard InChI is InChI=1S/C53H31N5O/c1-2-13-33(14-3-1)49-55-50(34-27-25-32(26-28-34)36-18-12-19-40-39-17-6-11-24-47(39)59-48(36)40)57-51(56-49)35-29-30-46-44(31-35)54-52-53(43-22-9-10-23-45(43)58(46)52)41-20-7-4-15-37(41)38-16-5-8-21-42(38)53/h1-31H. The lowest BCUT2D eigenvalue weighted by Gasteiger charge is -2.27. The highest BCUT2D eigenvalue weighted by molar-refractivity contribution is 6.09. The summed E-state index contributed by atoms with van der Waals surface area (Å²) < 4.78 is 8.72. The van der Waals surface area contributed by atoms with Gasteiger partial charge in [-0.25, -0.2) is 19.9 Å². The average Bonchev–Trinajstić information content (AvgIpc) is 4.04. The van der Waals surface area contributed by atoms with E-state index in [1.54, 1.807) is 0 Å². The Morgan fingerprint density at radius 1 is 0.407 bits per heavy atom. The van der Waals surface area contributed by atoms with Gasteiger partial charge in [0, 0.05) is 33.0 Å². The fraction of sp³-hybridized carbons (Fsp3) is 0.0189. The highest BCUT2D eigenvalue weighted by atomic mass is 16.3. The summed E-state index contributed by atoms with van der Waals surface area (Å²) in [5, 5.41) is 2.22. The van der Waals surface area contributed by atoms with Crippen LogP contribution in [-0.4, -0.2) is 24.5 Å². The van der Waals surface area contributed by atoms with Crippen molar-refractivity contribution in [3.05, 3.63) is 211 Å². The molecule has 0 saturated heterocycles. The van der Waals surface area contributed by atoms with Gasteiger partial charge in [0.05, 0.1) is 16.7 Å². The maximum atomic E-state index is 6.37. The van der Waals surface area contributed by atoms with Crippen LogP contribution >= 0.6 is 0 Å². The third-order valence-corrected chi connectivity index (χ3v) is 12.3. The van der Waals surface area contributed by atoms with Gasteiger partial charge < -0.3 is 4.42 Å². The smallest absolute Gasteiger partial charge is 0.164 e. The molecule has 11 aromatic rings. The second kappa shape index (κ2) is 12.0. The van der Waals surface area contributed by atoms with Crippen LogP contribution in [0.1, 0.15) is 22.5 Å². The maximum Gasteiger partial charge on any atom is 0.164 e. The van der Waals surface area contributed by atoms with Gasteiger partial charge in [0.2, 0.25) is 0 Å². The predicted molar refractivity (Wildman–Crippen MR) is 234 cm³/mol. The third kappa shape index (κ3) is 4.45. The zero-order valence-corrected chi connectivity index (χ0v) is 31.5. The molecule has 0 saturated carbocycles. The van der Waals surface area contributed by atoms with Crippen molar-refractivity contribution in [1.29, 1.82) is 0 Å². The minimum atomic E-state index is -0.536. The number of fused-ring (bicyclic) bond motifs is 15. The first-order chi connectivity index (χ1) is 29.2. The first-order valence-corrected chi connectivity index (χ1v) is 19.9. The van der Waals surface area contributed by atoms with Crippen LogP contribution in [0, 0.1) is 0 Å². The highest BCUT2D eigenvalue weighted by Crippen LogP contribution is 2.60. The van der Waals surface area contributed by atoms with Crippen molar-refractivity contribution < 1.29 is 4.42 Å². The van der Waals surface area contributed by atoms with E-state index in [1.807, 2.05) is 48.5 Å². The van der Waals surface area contributed by atoms with Gasteiger partial charge in [0.25, 0.3) is 0 Å². The van der Waals surface area contributed by atoms with Crippen LogP contribution in [0.3, 0.4) is 0 Å². The molecule has 13 rings (SSSR count). The molecule has 59 heavy (non-hydrogen) atoms. The molecule has 0 N–H and O–H groups in total. The Bertz CT molecular complexity index is 3460. The van der Waals surface area contributed by atoms with E-state index in [2.05, 4.69) is 144 Å². The van der Waals surface area contributed by atoms with Gasteiger partial charge in [-0.1, -0.05) is 158 Å². The van der Waals surface area contributed by atoms with Crippen LogP contribution in [0.25, 0.3) is 95.1 Å². The number of nitrogens with zero attached hydrogens (tertiary/aromatic N) is 5. The number of rotatable bonds is 4. The Labute approximate surface area is 338 Å². The number of aromatic nitrogens is 5.